The maximum absolute atomic E-state index is 12.5. The second-order valence-corrected chi connectivity index (χ2v) is 8.13. The van der Waals surface area contributed by atoms with Crippen molar-refractivity contribution in [2.45, 2.75) is 49.0 Å². The van der Waals surface area contributed by atoms with Gasteiger partial charge in [-0.3, -0.25) is 9.59 Å². The number of benzene rings is 2. The Bertz CT molecular complexity index is 927. The van der Waals surface area contributed by atoms with Gasteiger partial charge in [-0.05, 0) is 24.0 Å². The lowest BCUT2D eigenvalue weighted by molar-refractivity contribution is -0.301. The fraction of sp³-hybridized carbons (Fsp3) is 0.417. The molecule has 11 heteroatoms. The summed E-state index contributed by atoms with van der Waals surface area (Å²) in [5.41, 5.74) is 13.2. The molecule has 0 spiro atoms. The minimum absolute atomic E-state index is 0.0399. The molecule has 9 N–H and O–H groups in total. The number of nitrogens with two attached hydrogens (primary N) is 2. The molecule has 0 heterocycles. The number of carbonyl (C=O) groups excluding carboxylic acids is 2. The predicted molar refractivity (Wildman–Crippen MR) is 123 cm³/mol. The Morgan fingerprint density at radius 1 is 0.829 bits per heavy atom. The second kappa shape index (κ2) is 13.3. The van der Waals surface area contributed by atoms with Crippen LogP contribution in [-0.4, -0.2) is 86.9 Å². The summed E-state index contributed by atoms with van der Waals surface area (Å²) in [7, 11) is 0. The van der Waals surface area contributed by atoms with E-state index < -0.39 is 61.3 Å². The summed E-state index contributed by atoms with van der Waals surface area (Å²) in [6.07, 6.45) is -6.27. The van der Waals surface area contributed by atoms with E-state index in [1.807, 2.05) is 0 Å². The zero-order chi connectivity index (χ0) is 26.0. The van der Waals surface area contributed by atoms with Crippen LogP contribution in [0.3, 0.4) is 0 Å². The molecule has 11 nitrogen and oxygen atoms in total. The molecule has 5 atom stereocenters. The number of hydrogen-bond donors (Lipinski definition) is 7. The lowest BCUT2D eigenvalue weighted by Crippen LogP contribution is -2.61. The summed E-state index contributed by atoms with van der Waals surface area (Å²) in [6, 6.07) is 15.2. The molecule has 0 radical (unpaired) electrons. The summed E-state index contributed by atoms with van der Waals surface area (Å²) in [4.78, 5) is 24.8. The first-order chi connectivity index (χ1) is 16.6. The highest BCUT2D eigenvalue weighted by molar-refractivity contribution is 5.76. The molecule has 0 saturated heterocycles. The average molecular weight is 493 g/mol. The van der Waals surface area contributed by atoms with Crippen molar-refractivity contribution in [3.63, 3.8) is 0 Å². The Morgan fingerprint density at radius 3 is 1.74 bits per heavy atom. The normalized spacial score (nSPS) is 16.0. The second-order valence-electron chi connectivity index (χ2n) is 8.13. The third kappa shape index (κ3) is 8.37. The molecule has 0 aliphatic heterocycles. The van der Waals surface area contributed by atoms with E-state index in [0.29, 0.717) is 5.56 Å². The number of esters is 2. The van der Waals surface area contributed by atoms with E-state index in [9.17, 15) is 30.0 Å². The molecule has 2 aromatic rings. The molecule has 0 fully saturated rings. The molecular weight excluding hydrogens is 460 g/mol. The van der Waals surface area contributed by atoms with Gasteiger partial charge in [-0.25, -0.2) is 0 Å². The number of aliphatic hydroxyl groups is 5. The van der Waals surface area contributed by atoms with E-state index in [0.717, 1.165) is 5.56 Å². The topological polar surface area (TPSA) is 206 Å². The molecule has 35 heavy (non-hydrogen) atoms. The van der Waals surface area contributed by atoms with Crippen LogP contribution >= 0.6 is 0 Å². The van der Waals surface area contributed by atoms with Crippen LogP contribution in [0.25, 0.3) is 0 Å². The Morgan fingerprint density at radius 2 is 1.29 bits per heavy atom. The van der Waals surface area contributed by atoms with E-state index >= 15 is 0 Å². The van der Waals surface area contributed by atoms with Crippen molar-refractivity contribution in [1.82, 2.24) is 0 Å². The summed E-state index contributed by atoms with van der Waals surface area (Å²) in [6.45, 7) is -1.99. The van der Waals surface area contributed by atoms with Gasteiger partial charge < -0.3 is 46.5 Å². The van der Waals surface area contributed by atoms with Gasteiger partial charge in [0.1, 0.15) is 30.9 Å². The average Bonchev–Trinajstić information content (AvgIpc) is 2.85. The van der Waals surface area contributed by atoms with Gasteiger partial charge >= 0.3 is 11.9 Å². The minimum atomic E-state index is -3.30. The fourth-order valence-corrected chi connectivity index (χ4v) is 3.25. The molecule has 0 aliphatic rings. The van der Waals surface area contributed by atoms with Gasteiger partial charge in [0.05, 0.1) is 6.61 Å². The van der Waals surface area contributed by atoms with E-state index in [4.69, 9.17) is 26.0 Å². The van der Waals surface area contributed by atoms with Crippen LogP contribution in [0.4, 0.5) is 0 Å². The maximum atomic E-state index is 12.5. The zero-order valence-corrected chi connectivity index (χ0v) is 19.0. The van der Waals surface area contributed by atoms with Crippen molar-refractivity contribution in [2.75, 3.05) is 13.2 Å². The standard InChI is InChI=1S/C24H32N2O9/c25-17(11-15-7-3-1-4-8-15)22(30)34-14-19(28)21(24(32,33)20(29)13-27)35-23(31)18(26)12-16-9-5-2-6-10-16/h1-10,17-21,27-29,32-33H,11-14,25-26H2/t17-,18-,19+,20-,21+/m0/s1. The SMILES string of the molecule is N[C@@H](Cc1ccccc1)C(=O)OC[C@@H](O)[C@@H](OC(=O)[C@@H](N)Cc1ccccc1)C(O)(O)[C@@H](O)CO. The monoisotopic (exact) mass is 492 g/mol. The molecule has 0 aromatic heterocycles. The highest BCUT2D eigenvalue weighted by atomic mass is 16.6. The lowest BCUT2D eigenvalue weighted by atomic mass is 9.98. The Kier molecular flexibility index (Phi) is 10.7. The molecule has 0 bridgehead atoms. The number of hydrogen-bond acceptors (Lipinski definition) is 11. The summed E-state index contributed by atoms with van der Waals surface area (Å²) in [5.74, 6) is -5.32. The number of ether oxygens (including phenoxy) is 2. The minimum Gasteiger partial charge on any atom is -0.462 e. The Labute approximate surface area is 202 Å². The first kappa shape index (κ1) is 28.3. The number of aliphatic hydroxyl groups excluding tert-OH is 3. The largest absolute Gasteiger partial charge is 0.462 e. The first-order valence-corrected chi connectivity index (χ1v) is 10.9. The van der Waals surface area contributed by atoms with Crippen LogP contribution in [0, 0.1) is 0 Å². The van der Waals surface area contributed by atoms with Crippen molar-refractivity contribution in [3.05, 3.63) is 71.8 Å². The lowest BCUT2D eigenvalue weighted by Gasteiger charge is -2.36. The van der Waals surface area contributed by atoms with E-state index in [2.05, 4.69) is 0 Å². The molecule has 192 valence electrons. The van der Waals surface area contributed by atoms with Gasteiger partial charge in [0.15, 0.2) is 6.10 Å². The molecule has 0 saturated carbocycles. The summed E-state index contributed by atoms with van der Waals surface area (Å²) >= 11 is 0. The van der Waals surface area contributed by atoms with E-state index in [1.54, 1.807) is 60.7 Å². The number of carbonyl (C=O) groups is 2. The van der Waals surface area contributed by atoms with Crippen LogP contribution < -0.4 is 11.5 Å². The molecule has 2 rings (SSSR count). The first-order valence-electron chi connectivity index (χ1n) is 10.9. The third-order valence-corrected chi connectivity index (χ3v) is 5.27. The van der Waals surface area contributed by atoms with Gasteiger partial charge in [0.2, 0.25) is 5.79 Å². The van der Waals surface area contributed by atoms with Crippen LogP contribution in [0.1, 0.15) is 11.1 Å². The molecular formula is C24H32N2O9. The summed E-state index contributed by atoms with van der Waals surface area (Å²) in [5, 5.41) is 50.1. The van der Waals surface area contributed by atoms with Crippen LogP contribution in [-0.2, 0) is 31.9 Å². The third-order valence-electron chi connectivity index (χ3n) is 5.27. The maximum Gasteiger partial charge on any atom is 0.323 e. The van der Waals surface area contributed by atoms with Gasteiger partial charge in [-0.15, -0.1) is 0 Å². The van der Waals surface area contributed by atoms with Crippen molar-refractivity contribution in [2.24, 2.45) is 11.5 Å². The molecule has 2 aromatic carbocycles. The van der Waals surface area contributed by atoms with E-state index in [1.165, 1.54) is 0 Å². The smallest absolute Gasteiger partial charge is 0.323 e. The predicted octanol–water partition coefficient (Wildman–Crippen LogP) is -2.02. The highest BCUT2D eigenvalue weighted by Crippen LogP contribution is 2.21. The van der Waals surface area contributed by atoms with Gasteiger partial charge in [-0.2, -0.15) is 0 Å². The molecule has 0 unspecified atom stereocenters. The van der Waals surface area contributed by atoms with Gasteiger partial charge in [0.25, 0.3) is 0 Å². The van der Waals surface area contributed by atoms with Crippen molar-refractivity contribution >= 4 is 11.9 Å². The van der Waals surface area contributed by atoms with Crippen molar-refractivity contribution < 1.29 is 44.6 Å². The van der Waals surface area contributed by atoms with Crippen LogP contribution in [0.15, 0.2) is 60.7 Å². The van der Waals surface area contributed by atoms with Crippen molar-refractivity contribution in [3.8, 4) is 0 Å². The summed E-state index contributed by atoms with van der Waals surface area (Å²) < 4.78 is 9.98. The Hall–Kier alpha value is -2.90. The fourth-order valence-electron chi connectivity index (χ4n) is 3.25. The van der Waals surface area contributed by atoms with E-state index in [-0.39, 0.29) is 12.8 Å². The quantitative estimate of drug-likeness (QED) is 0.120. The number of rotatable bonds is 13. The van der Waals surface area contributed by atoms with Gasteiger partial charge in [-0.1, -0.05) is 60.7 Å². The highest BCUT2D eigenvalue weighted by Gasteiger charge is 2.49. The molecule has 0 aliphatic carbocycles. The molecule has 0 amide bonds. The van der Waals surface area contributed by atoms with Crippen LogP contribution in [0.5, 0.6) is 0 Å². The zero-order valence-electron chi connectivity index (χ0n) is 19.0. The van der Waals surface area contributed by atoms with Gasteiger partial charge in [0, 0.05) is 0 Å². The Balaban J connectivity index is 2.05. The van der Waals surface area contributed by atoms with Crippen molar-refractivity contribution in [1.29, 1.82) is 0 Å². The van der Waals surface area contributed by atoms with Crippen LogP contribution in [0.2, 0.25) is 0 Å².